The van der Waals surface area contributed by atoms with Crippen LogP contribution < -0.4 is 5.32 Å². The average molecular weight is 820 g/mol. The second kappa shape index (κ2) is 39.5. The molecule has 0 radical (unpaired) electrons. The summed E-state index contributed by atoms with van der Waals surface area (Å²) in [6, 6.07) is -1.56. The highest BCUT2D eigenvalue weighted by atomic mass is 31.2. The summed E-state index contributed by atoms with van der Waals surface area (Å²) in [7, 11) is -4.77. The highest BCUT2D eigenvalue weighted by molar-refractivity contribution is 7.47. The van der Waals surface area contributed by atoms with Gasteiger partial charge in [-0.1, -0.05) is 131 Å². The Morgan fingerprint density at radius 2 is 1.02 bits per heavy atom. The van der Waals surface area contributed by atoms with Gasteiger partial charge < -0.3 is 25.2 Å². The van der Waals surface area contributed by atoms with Crippen LogP contribution in [0.5, 0.6) is 0 Å². The quantitative estimate of drug-likeness (QED) is 0.0204. The van der Waals surface area contributed by atoms with Crippen LogP contribution >= 0.6 is 7.82 Å². The van der Waals surface area contributed by atoms with E-state index in [1.165, 1.54) is 19.3 Å². The third-order valence-corrected chi connectivity index (χ3v) is 9.37. The van der Waals surface area contributed by atoms with Gasteiger partial charge in [-0.25, -0.2) is 9.36 Å². The molecule has 0 spiro atoms. The molecule has 0 bridgehead atoms. The molecule has 0 aliphatic heterocycles. The van der Waals surface area contributed by atoms with Gasteiger partial charge in [0.05, 0.1) is 13.2 Å². The average Bonchev–Trinajstić information content (AvgIpc) is 3.18. The Labute approximate surface area is 343 Å². The first-order chi connectivity index (χ1) is 27.6. The lowest BCUT2D eigenvalue weighted by molar-refractivity contribution is -0.147. The predicted octanol–water partition coefficient (Wildman–Crippen LogP) is 10.7. The molecule has 0 aromatic heterocycles. The van der Waals surface area contributed by atoms with Gasteiger partial charge in [-0.3, -0.25) is 18.6 Å². The number of carbonyl (C=O) groups excluding carboxylic acids is 2. The van der Waals surface area contributed by atoms with Crippen molar-refractivity contribution in [2.45, 2.75) is 161 Å². The number of amides is 1. The van der Waals surface area contributed by atoms with Crippen molar-refractivity contribution in [2.24, 2.45) is 0 Å². The van der Waals surface area contributed by atoms with Gasteiger partial charge in [0.25, 0.3) is 0 Å². The van der Waals surface area contributed by atoms with E-state index < -0.39 is 57.6 Å². The van der Waals surface area contributed by atoms with E-state index in [-0.39, 0.29) is 12.8 Å². The number of hydrogen-bond donors (Lipinski definition) is 4. The van der Waals surface area contributed by atoms with E-state index in [4.69, 9.17) is 13.8 Å². The normalized spacial score (nSPS) is 14.6. The SMILES string of the molecule is CC/C=C\C/C=C\C/C=C\C/C=C\C/C=C\C/C=C\CCCCC(=O)OCC(O)COP(=O)(O)OCC(NC(=O)CCCCCCC/C=C\CCCCC)C(=O)O. The number of esters is 1. The summed E-state index contributed by atoms with van der Waals surface area (Å²) in [4.78, 5) is 45.8. The van der Waals surface area contributed by atoms with Crippen molar-refractivity contribution >= 4 is 25.7 Å². The fourth-order valence-electron chi connectivity index (χ4n) is 5.13. The number of phosphoric acid groups is 1. The lowest BCUT2D eigenvalue weighted by Gasteiger charge is -2.18. The molecule has 0 aliphatic carbocycles. The van der Waals surface area contributed by atoms with E-state index in [1.54, 1.807) is 0 Å². The van der Waals surface area contributed by atoms with Crippen molar-refractivity contribution in [3.8, 4) is 0 Å². The minimum atomic E-state index is -4.77. The smallest absolute Gasteiger partial charge is 0.472 e. The molecule has 324 valence electrons. The number of unbranched alkanes of at least 4 members (excludes halogenated alkanes) is 10. The van der Waals surface area contributed by atoms with Crippen LogP contribution in [0.15, 0.2) is 85.1 Å². The number of carboxylic acids is 1. The molecule has 3 unspecified atom stereocenters. The topological polar surface area (TPSA) is 169 Å². The Bertz CT molecular complexity index is 1290. The van der Waals surface area contributed by atoms with Crippen LogP contribution in [-0.2, 0) is 32.7 Å². The van der Waals surface area contributed by atoms with Crippen molar-refractivity contribution in [1.29, 1.82) is 0 Å². The number of carboxylic acid groups (broad SMARTS) is 1. The van der Waals surface area contributed by atoms with Crippen LogP contribution in [0, 0.1) is 0 Å². The maximum absolute atomic E-state index is 12.3. The van der Waals surface area contributed by atoms with E-state index >= 15 is 0 Å². The summed E-state index contributed by atoms with van der Waals surface area (Å²) in [6.45, 7) is 2.37. The Hall–Kier alpha value is -3.34. The molecule has 0 aromatic carbocycles. The molecule has 0 saturated carbocycles. The molecular weight excluding hydrogens is 745 g/mol. The second-order valence-corrected chi connectivity index (χ2v) is 15.2. The molecule has 11 nitrogen and oxygen atoms in total. The van der Waals surface area contributed by atoms with E-state index in [0.717, 1.165) is 89.9 Å². The fraction of sp³-hybridized carbons (Fsp3) is 0.622. The lowest BCUT2D eigenvalue weighted by atomic mass is 10.1. The molecule has 4 N–H and O–H groups in total. The molecule has 0 heterocycles. The molecule has 0 fully saturated rings. The number of ether oxygens (including phenoxy) is 1. The molecule has 0 rings (SSSR count). The van der Waals surface area contributed by atoms with Crippen molar-refractivity contribution in [3.05, 3.63) is 85.1 Å². The largest absolute Gasteiger partial charge is 0.480 e. The van der Waals surface area contributed by atoms with E-state index in [2.05, 4.69) is 104 Å². The summed E-state index contributed by atoms with van der Waals surface area (Å²) in [5.74, 6) is -2.45. The number of aliphatic hydroxyl groups is 1. The number of carbonyl (C=O) groups is 3. The van der Waals surface area contributed by atoms with E-state index in [1.807, 2.05) is 0 Å². The molecule has 1 amide bonds. The van der Waals surface area contributed by atoms with Crippen molar-refractivity contribution in [3.63, 3.8) is 0 Å². The van der Waals surface area contributed by atoms with E-state index in [9.17, 15) is 34.1 Å². The number of hydrogen-bond acceptors (Lipinski definition) is 8. The Morgan fingerprint density at radius 1 is 0.579 bits per heavy atom. The fourth-order valence-corrected chi connectivity index (χ4v) is 5.91. The Morgan fingerprint density at radius 3 is 1.56 bits per heavy atom. The predicted molar refractivity (Wildman–Crippen MR) is 231 cm³/mol. The van der Waals surface area contributed by atoms with Gasteiger partial charge in [0.1, 0.15) is 12.7 Å². The van der Waals surface area contributed by atoms with Gasteiger partial charge in [0.15, 0.2) is 6.04 Å². The molecule has 0 saturated heterocycles. The summed E-state index contributed by atoms with van der Waals surface area (Å²) in [5, 5.41) is 21.8. The van der Waals surface area contributed by atoms with E-state index in [0.29, 0.717) is 12.8 Å². The maximum atomic E-state index is 12.3. The maximum Gasteiger partial charge on any atom is 0.472 e. The first-order valence-corrected chi connectivity index (χ1v) is 22.6. The number of nitrogens with one attached hydrogen (secondary N) is 1. The number of allylic oxidation sites excluding steroid dienone is 14. The Balaban J connectivity index is 4.00. The number of phosphoric ester groups is 1. The number of rotatable bonds is 38. The molecule has 0 aromatic rings. The molecule has 3 atom stereocenters. The zero-order chi connectivity index (χ0) is 42.1. The van der Waals surface area contributed by atoms with Gasteiger partial charge in [-0.05, 0) is 89.9 Å². The van der Waals surface area contributed by atoms with Gasteiger partial charge in [0.2, 0.25) is 5.91 Å². The second-order valence-electron chi connectivity index (χ2n) is 13.8. The first-order valence-electron chi connectivity index (χ1n) is 21.1. The van der Waals surface area contributed by atoms with Crippen LogP contribution in [0.1, 0.15) is 149 Å². The zero-order valence-corrected chi connectivity index (χ0v) is 35.7. The van der Waals surface area contributed by atoms with Crippen LogP contribution in [0.25, 0.3) is 0 Å². The highest BCUT2D eigenvalue weighted by Gasteiger charge is 2.28. The third-order valence-electron chi connectivity index (χ3n) is 8.42. The molecule has 0 aliphatic rings. The standard InChI is InChI=1S/C45H74NO10P/c1-3-5-7-9-11-13-15-17-18-19-20-21-22-23-24-25-27-29-31-33-35-37-44(49)54-38-41(47)39-55-57(52,53)56-40-42(45(50)51)46-43(48)36-34-32-30-28-26-16-14-12-10-8-6-4-2/h5,7,11-14,17-18,20-21,23-24,27,29,41-42,47H,3-4,6,8-10,15-16,19,22,25-26,28,30-40H2,1-2H3,(H,46,48)(H,50,51)(H,52,53)/b7-5-,13-11-,14-12-,18-17-,21-20-,24-23-,29-27-. The van der Waals surface area contributed by atoms with Gasteiger partial charge >= 0.3 is 19.8 Å². The molecule has 12 heteroatoms. The summed E-state index contributed by atoms with van der Waals surface area (Å²) >= 11 is 0. The third kappa shape index (κ3) is 39.3. The van der Waals surface area contributed by atoms with Crippen LogP contribution in [0.2, 0.25) is 0 Å². The van der Waals surface area contributed by atoms with Gasteiger partial charge in [-0.2, -0.15) is 0 Å². The monoisotopic (exact) mass is 820 g/mol. The van der Waals surface area contributed by atoms with Crippen LogP contribution in [0.4, 0.5) is 0 Å². The molecular formula is C45H74NO10P. The minimum absolute atomic E-state index is 0.128. The highest BCUT2D eigenvalue weighted by Crippen LogP contribution is 2.43. The van der Waals surface area contributed by atoms with Crippen LogP contribution in [0.3, 0.4) is 0 Å². The Kier molecular flexibility index (Phi) is 37.2. The van der Waals surface area contributed by atoms with Crippen LogP contribution in [-0.4, -0.2) is 64.9 Å². The summed E-state index contributed by atoms with van der Waals surface area (Å²) in [5.41, 5.74) is 0. The van der Waals surface area contributed by atoms with Crippen molar-refractivity contribution in [2.75, 3.05) is 19.8 Å². The first kappa shape index (κ1) is 53.7. The van der Waals surface area contributed by atoms with Crippen molar-refractivity contribution < 1.29 is 47.8 Å². The lowest BCUT2D eigenvalue weighted by Crippen LogP contribution is -2.43. The van der Waals surface area contributed by atoms with Crippen molar-refractivity contribution in [1.82, 2.24) is 5.32 Å². The number of aliphatic carboxylic acids is 1. The number of aliphatic hydroxyl groups excluding tert-OH is 1. The minimum Gasteiger partial charge on any atom is -0.480 e. The summed E-state index contributed by atoms with van der Waals surface area (Å²) < 4.78 is 26.7. The summed E-state index contributed by atoms with van der Waals surface area (Å²) in [6.07, 6.45) is 47.6. The van der Waals surface area contributed by atoms with Gasteiger partial charge in [0, 0.05) is 12.8 Å². The zero-order valence-electron chi connectivity index (χ0n) is 34.9. The van der Waals surface area contributed by atoms with Gasteiger partial charge in [-0.15, -0.1) is 0 Å². The molecule has 57 heavy (non-hydrogen) atoms.